The Balaban J connectivity index is 2.04. The molecule has 0 saturated heterocycles. The number of aliphatic hydroxyl groups excluding tert-OH is 1. The average Bonchev–Trinajstić information content (AvgIpc) is 3.07. The van der Waals surface area contributed by atoms with Crippen LogP contribution in [-0.4, -0.2) is 31.5 Å². The number of rotatable bonds is 4. The second-order valence-corrected chi connectivity index (χ2v) is 5.56. The molecule has 104 valence electrons. The minimum atomic E-state index is -0.197. The molecule has 0 atom stereocenters. The summed E-state index contributed by atoms with van der Waals surface area (Å²) >= 11 is 0. The Kier molecular flexibility index (Phi) is 3.06. The van der Waals surface area contributed by atoms with Crippen molar-refractivity contribution in [3.63, 3.8) is 0 Å². The highest BCUT2D eigenvalue weighted by Gasteiger charge is 2.21. The highest BCUT2D eigenvalue weighted by molar-refractivity contribution is 5.92. The van der Waals surface area contributed by atoms with Crippen molar-refractivity contribution in [2.75, 3.05) is 6.61 Å². The molecule has 0 spiro atoms. The van der Waals surface area contributed by atoms with Crippen LogP contribution in [0, 0.1) is 0 Å². The molecular formula is C15H18N4O. The number of nitrogens with one attached hydrogen (secondary N) is 1. The van der Waals surface area contributed by atoms with Crippen molar-refractivity contribution in [1.82, 2.24) is 19.7 Å². The van der Waals surface area contributed by atoms with Crippen LogP contribution < -0.4 is 0 Å². The maximum Gasteiger partial charge on any atom is 0.137 e. The van der Waals surface area contributed by atoms with Gasteiger partial charge in [0.2, 0.25) is 0 Å². The van der Waals surface area contributed by atoms with E-state index in [-0.39, 0.29) is 12.1 Å². The molecule has 3 heterocycles. The van der Waals surface area contributed by atoms with E-state index in [2.05, 4.69) is 28.9 Å². The quantitative estimate of drug-likeness (QED) is 0.765. The van der Waals surface area contributed by atoms with Crippen molar-refractivity contribution in [3.8, 4) is 11.1 Å². The minimum absolute atomic E-state index is 0.152. The maximum absolute atomic E-state index is 9.15. The Morgan fingerprint density at radius 2 is 2.20 bits per heavy atom. The summed E-state index contributed by atoms with van der Waals surface area (Å²) in [6, 6.07) is 4.02. The lowest BCUT2D eigenvalue weighted by atomic mass is 10.0. The van der Waals surface area contributed by atoms with Gasteiger partial charge in [0.05, 0.1) is 11.7 Å². The fraction of sp³-hybridized carbons (Fsp3) is 0.333. The molecule has 0 aromatic carbocycles. The Morgan fingerprint density at radius 1 is 1.35 bits per heavy atom. The first-order chi connectivity index (χ1) is 9.62. The van der Waals surface area contributed by atoms with Crippen molar-refractivity contribution in [2.24, 2.45) is 0 Å². The molecule has 0 aliphatic heterocycles. The molecule has 0 amide bonds. The first-order valence-corrected chi connectivity index (χ1v) is 6.70. The number of aromatic amines is 1. The van der Waals surface area contributed by atoms with E-state index < -0.39 is 0 Å². The van der Waals surface area contributed by atoms with Gasteiger partial charge in [-0.15, -0.1) is 0 Å². The molecule has 0 unspecified atom stereocenters. The number of hydrogen-bond donors (Lipinski definition) is 2. The van der Waals surface area contributed by atoms with E-state index in [9.17, 15) is 0 Å². The van der Waals surface area contributed by atoms with Gasteiger partial charge < -0.3 is 10.1 Å². The van der Waals surface area contributed by atoms with Crippen LogP contribution >= 0.6 is 0 Å². The van der Waals surface area contributed by atoms with Crippen molar-refractivity contribution >= 4 is 11.0 Å². The number of nitrogens with zero attached hydrogens (tertiary/aromatic N) is 3. The molecule has 0 aliphatic carbocycles. The van der Waals surface area contributed by atoms with E-state index in [1.54, 1.807) is 6.20 Å². The maximum atomic E-state index is 9.15. The zero-order valence-corrected chi connectivity index (χ0v) is 11.7. The SMILES string of the molecule is CC(C)(CCO)n1cc(-c2ccnc3[nH]ccc23)cn1. The van der Waals surface area contributed by atoms with Crippen molar-refractivity contribution in [3.05, 3.63) is 36.9 Å². The van der Waals surface area contributed by atoms with E-state index in [1.807, 2.05) is 35.4 Å². The van der Waals surface area contributed by atoms with Crippen LogP contribution in [0.4, 0.5) is 0 Å². The smallest absolute Gasteiger partial charge is 0.137 e. The molecule has 20 heavy (non-hydrogen) atoms. The first-order valence-electron chi connectivity index (χ1n) is 6.70. The van der Waals surface area contributed by atoms with E-state index >= 15 is 0 Å². The van der Waals surface area contributed by atoms with Gasteiger partial charge in [0.25, 0.3) is 0 Å². The fourth-order valence-corrected chi connectivity index (χ4v) is 2.39. The van der Waals surface area contributed by atoms with Gasteiger partial charge in [-0.3, -0.25) is 4.68 Å². The van der Waals surface area contributed by atoms with Gasteiger partial charge in [0.1, 0.15) is 5.65 Å². The molecule has 0 saturated carbocycles. The van der Waals surface area contributed by atoms with Crippen molar-refractivity contribution in [2.45, 2.75) is 25.8 Å². The van der Waals surface area contributed by atoms with Crippen LogP contribution in [0.1, 0.15) is 20.3 Å². The van der Waals surface area contributed by atoms with Gasteiger partial charge in [0.15, 0.2) is 0 Å². The number of aliphatic hydroxyl groups is 1. The average molecular weight is 270 g/mol. The Hall–Kier alpha value is -2.14. The third-order valence-electron chi connectivity index (χ3n) is 3.70. The third kappa shape index (κ3) is 2.10. The van der Waals surface area contributed by atoms with Gasteiger partial charge in [-0.2, -0.15) is 5.10 Å². The summed E-state index contributed by atoms with van der Waals surface area (Å²) in [7, 11) is 0. The van der Waals surface area contributed by atoms with E-state index in [0.29, 0.717) is 6.42 Å². The second-order valence-electron chi connectivity index (χ2n) is 5.56. The normalized spacial score (nSPS) is 12.2. The Labute approximate surface area is 117 Å². The molecule has 5 nitrogen and oxygen atoms in total. The number of hydrogen-bond acceptors (Lipinski definition) is 3. The molecular weight excluding hydrogens is 252 g/mol. The summed E-state index contributed by atoms with van der Waals surface area (Å²) in [5, 5.41) is 14.7. The molecule has 3 rings (SSSR count). The topological polar surface area (TPSA) is 66.7 Å². The predicted molar refractivity (Wildman–Crippen MR) is 78.3 cm³/mol. The second kappa shape index (κ2) is 4.76. The summed E-state index contributed by atoms with van der Waals surface area (Å²) in [4.78, 5) is 7.41. The molecule has 0 fully saturated rings. The van der Waals surface area contributed by atoms with E-state index in [0.717, 1.165) is 22.2 Å². The van der Waals surface area contributed by atoms with Gasteiger partial charge in [-0.25, -0.2) is 4.98 Å². The summed E-state index contributed by atoms with van der Waals surface area (Å²) in [6.07, 6.45) is 8.24. The van der Waals surface area contributed by atoms with Gasteiger partial charge in [-0.1, -0.05) is 0 Å². The largest absolute Gasteiger partial charge is 0.396 e. The van der Waals surface area contributed by atoms with Gasteiger partial charge in [-0.05, 0) is 38.0 Å². The first kappa shape index (κ1) is 12.9. The lowest BCUT2D eigenvalue weighted by molar-refractivity contribution is 0.201. The summed E-state index contributed by atoms with van der Waals surface area (Å²) in [6.45, 7) is 4.29. The number of aromatic nitrogens is 4. The number of H-pyrrole nitrogens is 1. The summed E-state index contributed by atoms with van der Waals surface area (Å²) < 4.78 is 1.91. The highest BCUT2D eigenvalue weighted by atomic mass is 16.3. The molecule has 5 heteroatoms. The zero-order chi connectivity index (χ0) is 14.2. The summed E-state index contributed by atoms with van der Waals surface area (Å²) in [5.74, 6) is 0. The zero-order valence-electron chi connectivity index (χ0n) is 11.7. The van der Waals surface area contributed by atoms with Crippen molar-refractivity contribution < 1.29 is 5.11 Å². The lowest BCUT2D eigenvalue weighted by Gasteiger charge is -2.24. The van der Waals surface area contributed by atoms with E-state index in [4.69, 9.17) is 5.11 Å². The number of pyridine rings is 1. The minimum Gasteiger partial charge on any atom is -0.396 e. The molecule has 2 N–H and O–H groups in total. The molecule has 0 radical (unpaired) electrons. The van der Waals surface area contributed by atoms with Crippen LogP contribution in [0.25, 0.3) is 22.2 Å². The summed E-state index contributed by atoms with van der Waals surface area (Å²) in [5.41, 5.74) is 2.85. The number of fused-ring (bicyclic) bond motifs is 1. The molecule has 3 aromatic rings. The molecule has 0 bridgehead atoms. The van der Waals surface area contributed by atoms with Crippen LogP contribution in [0.5, 0.6) is 0 Å². The van der Waals surface area contributed by atoms with Crippen LogP contribution in [0.15, 0.2) is 36.9 Å². The standard InChI is InChI=1S/C15H18N4O/c1-15(2,5-8-20)19-10-11(9-18-19)12-3-6-16-14-13(12)4-7-17-14/h3-4,6-7,9-10,20H,5,8H2,1-2H3,(H,16,17). The molecule has 0 aliphatic rings. The Bertz CT molecular complexity index is 726. The van der Waals surface area contributed by atoms with Gasteiger partial charge >= 0.3 is 0 Å². The van der Waals surface area contributed by atoms with Crippen LogP contribution in [0.3, 0.4) is 0 Å². The van der Waals surface area contributed by atoms with Crippen molar-refractivity contribution in [1.29, 1.82) is 0 Å². The van der Waals surface area contributed by atoms with Crippen LogP contribution in [0.2, 0.25) is 0 Å². The lowest BCUT2D eigenvalue weighted by Crippen LogP contribution is -2.27. The van der Waals surface area contributed by atoms with Gasteiger partial charge in [0, 0.05) is 36.1 Å². The van der Waals surface area contributed by atoms with E-state index in [1.165, 1.54) is 0 Å². The predicted octanol–water partition coefficient (Wildman–Crippen LogP) is 2.54. The molecule has 3 aromatic heterocycles. The Morgan fingerprint density at radius 3 is 3.00 bits per heavy atom. The van der Waals surface area contributed by atoms with Crippen LogP contribution in [-0.2, 0) is 5.54 Å². The fourth-order valence-electron chi connectivity index (χ4n) is 2.39. The highest BCUT2D eigenvalue weighted by Crippen LogP contribution is 2.28. The monoisotopic (exact) mass is 270 g/mol. The third-order valence-corrected chi connectivity index (χ3v) is 3.70.